The molecule has 0 spiro atoms. The molecule has 2 aromatic carbocycles. The molecule has 2 aromatic rings. The molecule has 0 N–H and O–H groups in total. The van der Waals surface area contributed by atoms with E-state index < -0.39 is 8.03 Å². The molecule has 0 nitrogen and oxygen atoms in total. The summed E-state index contributed by atoms with van der Waals surface area (Å²) in [6.07, 6.45) is 0. The maximum absolute atomic E-state index is 6.13. The molecule has 20 heavy (non-hydrogen) atoms. The fraction of sp³-hybridized carbons (Fsp3) is 0. The Balaban J connectivity index is 3.02. The van der Waals surface area contributed by atoms with Gasteiger partial charge in [0.1, 0.15) is 0 Å². The topological polar surface area (TPSA) is 0 Å². The van der Waals surface area contributed by atoms with Gasteiger partial charge in [0.15, 0.2) is 0 Å². The predicted octanol–water partition coefficient (Wildman–Crippen LogP) is 8.43. The van der Waals surface area contributed by atoms with Crippen LogP contribution < -0.4 is 10.6 Å². The van der Waals surface area contributed by atoms with Gasteiger partial charge < -0.3 is 0 Å². The first-order valence-corrected chi connectivity index (χ1v) is 16.7. The van der Waals surface area contributed by atoms with Crippen molar-refractivity contribution in [2.24, 2.45) is 0 Å². The van der Waals surface area contributed by atoms with Crippen LogP contribution in [0.1, 0.15) is 0 Å². The second-order valence-electron chi connectivity index (χ2n) is 4.10. The van der Waals surface area contributed by atoms with Crippen LogP contribution >= 0.6 is 98.0 Å². The maximum atomic E-state index is 6.13. The molecular formula is C10H6Cl8P2. The molecule has 0 bridgehead atoms. The summed E-state index contributed by atoms with van der Waals surface area (Å²) in [4.78, 5) is 0. The molecule has 2 rings (SSSR count). The minimum absolute atomic E-state index is 0.312. The van der Waals surface area contributed by atoms with Crippen LogP contribution in [0, 0.1) is 0 Å². The van der Waals surface area contributed by atoms with Crippen molar-refractivity contribution < 1.29 is 0 Å². The Bertz CT molecular complexity index is 622. The molecule has 112 valence electrons. The first-order valence-electron chi connectivity index (χ1n) is 5.04. The zero-order valence-corrected chi connectivity index (χ0v) is 17.2. The fourth-order valence-corrected chi connectivity index (χ4v) is 7.13. The van der Waals surface area contributed by atoms with Gasteiger partial charge in [0, 0.05) is 0 Å². The molecule has 0 atom stereocenters. The molecule has 0 aromatic heterocycles. The molecule has 10 heteroatoms. The molecule has 0 radical (unpaired) electrons. The summed E-state index contributed by atoms with van der Waals surface area (Å²) < 4.78 is -8.28. The van der Waals surface area contributed by atoms with Crippen LogP contribution in [0.3, 0.4) is 0 Å². The van der Waals surface area contributed by atoms with Crippen molar-refractivity contribution in [1.82, 2.24) is 0 Å². The predicted molar refractivity (Wildman–Crippen MR) is 104 cm³/mol. The normalized spacial score (nSPS) is 17.2. The third-order valence-corrected chi connectivity index (χ3v) is 9.16. The summed E-state index contributed by atoms with van der Waals surface area (Å²) >= 11 is 49.0. The van der Waals surface area contributed by atoms with E-state index in [-0.39, 0.29) is 0 Å². The molecule has 0 unspecified atom stereocenters. The van der Waals surface area contributed by atoms with Crippen molar-refractivity contribution in [1.29, 1.82) is 0 Å². The van der Waals surface area contributed by atoms with Gasteiger partial charge in [-0.3, -0.25) is 0 Å². The van der Waals surface area contributed by atoms with Gasteiger partial charge in [0.05, 0.1) is 0 Å². The van der Waals surface area contributed by atoms with E-state index in [9.17, 15) is 0 Å². The Kier molecular flexibility index (Phi) is 4.73. The molecule has 0 aliphatic heterocycles. The van der Waals surface area contributed by atoms with Crippen LogP contribution in [-0.4, -0.2) is 0 Å². The van der Waals surface area contributed by atoms with Crippen molar-refractivity contribution in [3.63, 3.8) is 0 Å². The zero-order chi connectivity index (χ0) is 15.4. The van der Waals surface area contributed by atoms with Gasteiger partial charge in [-0.15, -0.1) is 0 Å². The Morgan fingerprint density at radius 3 is 1.20 bits per heavy atom. The second kappa shape index (κ2) is 5.19. The van der Waals surface area contributed by atoms with E-state index in [1.54, 1.807) is 36.4 Å². The van der Waals surface area contributed by atoms with Crippen LogP contribution in [0.2, 0.25) is 0 Å². The molecule has 0 heterocycles. The summed E-state index contributed by atoms with van der Waals surface area (Å²) in [7, 11) is 0. The molecular weight excluding hydrogens is 466 g/mol. The third kappa shape index (κ3) is 4.04. The summed E-state index contributed by atoms with van der Waals surface area (Å²) in [5, 5.41) is 1.84. The van der Waals surface area contributed by atoms with Crippen LogP contribution in [0.5, 0.6) is 0 Å². The number of hydrogen-bond acceptors (Lipinski definition) is 0. The van der Waals surface area contributed by atoms with E-state index in [0.29, 0.717) is 16.0 Å². The van der Waals surface area contributed by atoms with Gasteiger partial charge >= 0.3 is 156 Å². The summed E-state index contributed by atoms with van der Waals surface area (Å²) in [6, 6.07) is 10.3. The Labute approximate surface area is 154 Å². The third-order valence-electron chi connectivity index (χ3n) is 2.59. The molecule has 0 fully saturated rings. The summed E-state index contributed by atoms with van der Waals surface area (Å²) in [5.41, 5.74) is 0. The van der Waals surface area contributed by atoms with Crippen LogP contribution in [0.4, 0.5) is 0 Å². The van der Waals surface area contributed by atoms with Gasteiger partial charge in [0.2, 0.25) is 0 Å². The average Bonchev–Trinajstić information content (AvgIpc) is 2.22. The number of hydrogen-bond donors (Lipinski definition) is 0. The Morgan fingerprint density at radius 1 is 0.550 bits per heavy atom. The van der Waals surface area contributed by atoms with Gasteiger partial charge in [-0.1, -0.05) is 0 Å². The SMILES string of the molecule is ClP(Cl)(Cl)(Cl)c1cccc2cccc(P(Cl)(Cl)(Cl)Cl)c12. The van der Waals surface area contributed by atoms with Gasteiger partial charge in [0.25, 0.3) is 0 Å². The van der Waals surface area contributed by atoms with Gasteiger partial charge in [-0.05, 0) is 0 Å². The fourth-order valence-electron chi connectivity index (χ4n) is 1.87. The van der Waals surface area contributed by atoms with Gasteiger partial charge in [-0.2, -0.15) is 0 Å². The first kappa shape index (κ1) is 18.2. The number of fused-ring (bicyclic) bond motifs is 1. The quantitative estimate of drug-likeness (QED) is 0.386. The van der Waals surface area contributed by atoms with E-state index in [1.807, 2.05) is 0 Å². The van der Waals surface area contributed by atoms with Crippen LogP contribution in [-0.2, 0) is 0 Å². The standard InChI is InChI=1S/C10H6Cl8P2/c11-19(12,13,14)8-5-1-3-7-4-2-6-9(10(7)8)20(15,16,17)18/h1-6H. The second-order valence-corrected chi connectivity index (χ2v) is 30.4. The van der Waals surface area contributed by atoms with E-state index in [2.05, 4.69) is 0 Å². The van der Waals surface area contributed by atoms with E-state index in [4.69, 9.17) is 89.9 Å². The Hall–Kier alpha value is 1.88. The summed E-state index contributed by atoms with van der Waals surface area (Å²) in [6.45, 7) is 0. The van der Waals surface area contributed by atoms with Crippen molar-refractivity contribution in [3.8, 4) is 0 Å². The molecule has 0 saturated carbocycles. The van der Waals surface area contributed by atoms with Crippen LogP contribution in [0.25, 0.3) is 10.8 Å². The van der Waals surface area contributed by atoms with Crippen molar-refractivity contribution in [3.05, 3.63) is 36.4 Å². The van der Waals surface area contributed by atoms with Crippen LogP contribution in [0.15, 0.2) is 36.4 Å². The number of halogens is 8. The molecule has 0 aliphatic carbocycles. The van der Waals surface area contributed by atoms with Crippen molar-refractivity contribution in [2.45, 2.75) is 0 Å². The minimum atomic E-state index is -4.14. The molecule has 0 amide bonds. The number of benzene rings is 2. The first-order chi connectivity index (χ1) is 8.73. The average molecular weight is 472 g/mol. The zero-order valence-electron chi connectivity index (χ0n) is 9.38. The van der Waals surface area contributed by atoms with E-state index >= 15 is 0 Å². The molecule has 0 aliphatic rings. The summed E-state index contributed by atoms with van der Waals surface area (Å²) in [5.74, 6) is 0. The van der Waals surface area contributed by atoms with Crippen molar-refractivity contribution >= 4 is 119 Å². The van der Waals surface area contributed by atoms with Gasteiger partial charge in [-0.25, -0.2) is 0 Å². The van der Waals surface area contributed by atoms with E-state index in [0.717, 1.165) is 5.39 Å². The Morgan fingerprint density at radius 2 is 0.900 bits per heavy atom. The van der Waals surface area contributed by atoms with E-state index in [1.165, 1.54) is 0 Å². The number of rotatable bonds is 2. The van der Waals surface area contributed by atoms with Crippen molar-refractivity contribution in [2.75, 3.05) is 0 Å². The molecule has 0 saturated heterocycles. The monoisotopic (exact) mass is 468 g/mol.